The zero-order valence-corrected chi connectivity index (χ0v) is 12.3. The van der Waals surface area contributed by atoms with Crippen LogP contribution >= 0.6 is 0 Å². The van der Waals surface area contributed by atoms with Gasteiger partial charge in [-0.25, -0.2) is 5.01 Å². The third-order valence-corrected chi connectivity index (χ3v) is 4.87. The molecule has 3 N–H and O–H groups in total. The molecule has 3 aliphatic rings. The Morgan fingerprint density at radius 2 is 1.67 bits per heavy atom. The molecule has 2 saturated heterocycles. The number of nitrogens with zero attached hydrogens (tertiary/aromatic N) is 2. The third-order valence-electron chi connectivity index (χ3n) is 4.87. The van der Waals surface area contributed by atoms with Gasteiger partial charge < -0.3 is 10.2 Å². The van der Waals surface area contributed by atoms with Gasteiger partial charge in [-0.05, 0) is 45.8 Å². The number of hydrazine groups is 1. The fourth-order valence-electron chi connectivity index (χ4n) is 3.81. The highest BCUT2D eigenvalue weighted by Crippen LogP contribution is 2.49. The van der Waals surface area contributed by atoms with E-state index in [-0.39, 0.29) is 0 Å². The van der Waals surface area contributed by atoms with Crippen molar-refractivity contribution in [2.24, 2.45) is 11.3 Å². The summed E-state index contributed by atoms with van der Waals surface area (Å²) in [6, 6.07) is 1.65. The Labute approximate surface area is 112 Å². The zero-order valence-electron chi connectivity index (χ0n) is 12.3. The van der Waals surface area contributed by atoms with Crippen LogP contribution in [-0.4, -0.2) is 55.2 Å². The summed E-state index contributed by atoms with van der Waals surface area (Å²) in [6.07, 6.45) is 5.40. The van der Waals surface area contributed by atoms with E-state index in [1.54, 1.807) is 0 Å². The van der Waals surface area contributed by atoms with Crippen LogP contribution in [0.15, 0.2) is 0 Å². The van der Waals surface area contributed by atoms with Crippen molar-refractivity contribution in [3.8, 4) is 0 Å². The summed E-state index contributed by atoms with van der Waals surface area (Å²) in [5, 5.41) is 5.40. The fourth-order valence-corrected chi connectivity index (χ4v) is 3.81. The van der Waals surface area contributed by atoms with Crippen molar-refractivity contribution in [1.29, 1.82) is 0 Å². The van der Waals surface area contributed by atoms with E-state index in [1.807, 2.05) is 18.9 Å². The van der Waals surface area contributed by atoms with Crippen LogP contribution in [0.25, 0.3) is 0 Å². The van der Waals surface area contributed by atoms with E-state index in [0.717, 1.165) is 25.2 Å². The lowest BCUT2D eigenvalue weighted by molar-refractivity contribution is -0.113. The predicted octanol–water partition coefficient (Wildman–Crippen LogP) is 1.03. The molecule has 18 heavy (non-hydrogen) atoms. The third kappa shape index (κ3) is 2.72. The van der Waals surface area contributed by atoms with Gasteiger partial charge in [0.05, 0.1) is 0 Å². The van der Waals surface area contributed by atoms with Gasteiger partial charge in [0, 0.05) is 30.6 Å². The minimum atomic E-state index is 0.612. The highest BCUT2D eigenvalue weighted by Gasteiger charge is 2.53. The van der Waals surface area contributed by atoms with Crippen molar-refractivity contribution in [3.63, 3.8) is 0 Å². The number of piperidine rings is 1. The average Bonchev–Trinajstić information content (AvgIpc) is 2.35. The molecule has 106 valence electrons. The van der Waals surface area contributed by atoms with Gasteiger partial charge in [0.15, 0.2) is 0 Å². The minimum absolute atomic E-state index is 0.612. The lowest BCUT2D eigenvalue weighted by Gasteiger charge is -2.60. The first-order valence-electron chi connectivity index (χ1n) is 7.61. The highest BCUT2D eigenvalue weighted by atomic mass is 15.5. The van der Waals surface area contributed by atoms with Crippen LogP contribution in [0.2, 0.25) is 0 Å². The summed E-state index contributed by atoms with van der Waals surface area (Å²) in [5.41, 5.74) is 0.612. The molecule has 0 radical (unpaired) electrons. The SMILES string of the molecule is CC.CN(C1CCNCC1)C1CC2(C1)CN(N)C2. The topological polar surface area (TPSA) is 44.5 Å². The molecule has 2 heterocycles. The molecule has 1 saturated carbocycles. The second kappa shape index (κ2) is 5.87. The number of nitrogens with one attached hydrogen (secondary N) is 1. The summed E-state index contributed by atoms with van der Waals surface area (Å²) in [5.74, 6) is 5.74. The van der Waals surface area contributed by atoms with E-state index in [9.17, 15) is 0 Å². The van der Waals surface area contributed by atoms with Crippen molar-refractivity contribution >= 4 is 0 Å². The molecule has 0 bridgehead atoms. The average molecular weight is 254 g/mol. The van der Waals surface area contributed by atoms with Gasteiger partial charge in [-0.1, -0.05) is 13.8 Å². The summed E-state index contributed by atoms with van der Waals surface area (Å²) < 4.78 is 0. The maximum Gasteiger partial charge on any atom is 0.0199 e. The van der Waals surface area contributed by atoms with E-state index in [1.165, 1.54) is 38.8 Å². The van der Waals surface area contributed by atoms with E-state index in [4.69, 9.17) is 5.84 Å². The number of hydrogen-bond acceptors (Lipinski definition) is 4. The van der Waals surface area contributed by atoms with Gasteiger partial charge in [0.2, 0.25) is 0 Å². The lowest BCUT2D eigenvalue weighted by Crippen LogP contribution is -2.68. The molecular weight excluding hydrogens is 224 g/mol. The van der Waals surface area contributed by atoms with Gasteiger partial charge in [-0.3, -0.25) is 5.84 Å². The molecule has 0 aromatic rings. The Bertz CT molecular complexity index is 249. The second-order valence-electron chi connectivity index (χ2n) is 6.11. The van der Waals surface area contributed by atoms with Crippen LogP contribution < -0.4 is 11.2 Å². The van der Waals surface area contributed by atoms with Crippen LogP contribution in [-0.2, 0) is 0 Å². The molecule has 4 heteroatoms. The number of rotatable bonds is 2. The van der Waals surface area contributed by atoms with Crippen LogP contribution in [0.3, 0.4) is 0 Å². The zero-order chi connectivity index (χ0) is 13.2. The van der Waals surface area contributed by atoms with Gasteiger partial charge in [-0.15, -0.1) is 0 Å². The molecule has 4 nitrogen and oxygen atoms in total. The summed E-state index contributed by atoms with van der Waals surface area (Å²) in [6.45, 7) is 8.65. The van der Waals surface area contributed by atoms with Crippen molar-refractivity contribution in [1.82, 2.24) is 15.2 Å². The molecule has 0 amide bonds. The molecule has 1 spiro atoms. The first-order chi connectivity index (χ1) is 8.69. The Hall–Kier alpha value is -0.160. The largest absolute Gasteiger partial charge is 0.317 e. The standard InChI is InChI=1S/C12H24N4.C2H6/c1-15(10-2-4-14-5-3-10)11-6-12(7-11)8-16(13)9-12;1-2/h10-11,14H,2-9,13H2,1H3;1-2H3. The van der Waals surface area contributed by atoms with E-state index >= 15 is 0 Å². The first kappa shape index (κ1) is 14.3. The Morgan fingerprint density at radius 3 is 2.17 bits per heavy atom. The normalized spacial score (nSPS) is 28.5. The minimum Gasteiger partial charge on any atom is -0.317 e. The molecule has 0 unspecified atom stereocenters. The Kier molecular flexibility index (Phi) is 4.64. The van der Waals surface area contributed by atoms with E-state index < -0.39 is 0 Å². The highest BCUT2D eigenvalue weighted by molar-refractivity contribution is 5.06. The summed E-state index contributed by atoms with van der Waals surface area (Å²) >= 11 is 0. The molecule has 1 aliphatic carbocycles. The van der Waals surface area contributed by atoms with Gasteiger partial charge >= 0.3 is 0 Å². The first-order valence-corrected chi connectivity index (χ1v) is 7.61. The maximum absolute atomic E-state index is 5.74. The monoisotopic (exact) mass is 254 g/mol. The molecule has 2 aliphatic heterocycles. The molecule has 0 atom stereocenters. The predicted molar refractivity (Wildman–Crippen MR) is 76.2 cm³/mol. The lowest BCUT2D eigenvalue weighted by atomic mass is 9.60. The van der Waals surface area contributed by atoms with Gasteiger partial charge in [0.25, 0.3) is 0 Å². The molecular formula is C14H30N4. The fraction of sp³-hybridized carbons (Fsp3) is 1.00. The molecule has 0 aromatic carbocycles. The maximum atomic E-state index is 5.74. The van der Waals surface area contributed by atoms with Crippen molar-refractivity contribution in [3.05, 3.63) is 0 Å². The van der Waals surface area contributed by atoms with Crippen molar-refractivity contribution in [2.75, 3.05) is 33.2 Å². The summed E-state index contributed by atoms with van der Waals surface area (Å²) in [4.78, 5) is 2.64. The van der Waals surface area contributed by atoms with E-state index in [2.05, 4.69) is 17.3 Å². The molecule has 0 aromatic heterocycles. The second-order valence-corrected chi connectivity index (χ2v) is 6.11. The van der Waals surface area contributed by atoms with E-state index in [0.29, 0.717) is 5.41 Å². The Balaban J connectivity index is 0.000000574. The van der Waals surface area contributed by atoms with Crippen LogP contribution in [0.4, 0.5) is 0 Å². The molecule has 3 fully saturated rings. The van der Waals surface area contributed by atoms with Crippen LogP contribution in [0.5, 0.6) is 0 Å². The summed E-state index contributed by atoms with van der Waals surface area (Å²) in [7, 11) is 2.33. The smallest absolute Gasteiger partial charge is 0.0199 e. The quantitative estimate of drug-likeness (QED) is 0.723. The van der Waals surface area contributed by atoms with Crippen LogP contribution in [0.1, 0.15) is 39.5 Å². The van der Waals surface area contributed by atoms with Crippen molar-refractivity contribution in [2.45, 2.75) is 51.6 Å². The van der Waals surface area contributed by atoms with Crippen LogP contribution in [0, 0.1) is 5.41 Å². The number of nitrogens with two attached hydrogens (primary N) is 1. The Morgan fingerprint density at radius 1 is 1.11 bits per heavy atom. The van der Waals surface area contributed by atoms with Gasteiger partial charge in [0.1, 0.15) is 0 Å². The number of hydrogen-bond donors (Lipinski definition) is 2. The van der Waals surface area contributed by atoms with Gasteiger partial charge in [-0.2, -0.15) is 0 Å². The van der Waals surface area contributed by atoms with Crippen molar-refractivity contribution < 1.29 is 0 Å². The molecule has 3 rings (SSSR count).